The molecule has 1 aromatic carbocycles. The van der Waals surface area contributed by atoms with Crippen molar-refractivity contribution in [3.8, 4) is 17.1 Å². The van der Waals surface area contributed by atoms with Crippen molar-refractivity contribution in [2.24, 2.45) is 0 Å². The van der Waals surface area contributed by atoms with E-state index >= 15 is 0 Å². The highest BCUT2D eigenvalue weighted by molar-refractivity contribution is 5.57. The monoisotopic (exact) mass is 432 g/mol. The van der Waals surface area contributed by atoms with Crippen molar-refractivity contribution in [1.82, 2.24) is 29.7 Å². The van der Waals surface area contributed by atoms with Crippen molar-refractivity contribution in [3.63, 3.8) is 0 Å². The molecule has 164 valence electrons. The molecule has 32 heavy (non-hydrogen) atoms. The van der Waals surface area contributed by atoms with E-state index in [0.29, 0.717) is 17.2 Å². The lowest BCUT2D eigenvalue weighted by Crippen LogP contribution is -2.46. The zero-order valence-electron chi connectivity index (χ0n) is 17.4. The Labute approximate surface area is 184 Å². The van der Waals surface area contributed by atoms with Crippen LogP contribution in [0.1, 0.15) is 11.7 Å². The summed E-state index contributed by atoms with van der Waals surface area (Å²) in [5, 5.41) is 12.5. The largest absolute Gasteiger partial charge is 0.491 e. The first-order chi connectivity index (χ1) is 15.7. The molecule has 0 spiro atoms. The van der Waals surface area contributed by atoms with Gasteiger partial charge in [-0.3, -0.25) is 4.98 Å². The van der Waals surface area contributed by atoms with Crippen LogP contribution in [0.4, 0.5) is 11.5 Å². The van der Waals surface area contributed by atoms with Gasteiger partial charge in [-0.1, -0.05) is 6.07 Å². The van der Waals surface area contributed by atoms with Crippen LogP contribution in [-0.2, 0) is 0 Å². The summed E-state index contributed by atoms with van der Waals surface area (Å²) in [6.07, 6.45) is 8.79. The molecule has 0 radical (unpaired) electrons. The first-order valence-corrected chi connectivity index (χ1v) is 10.4. The summed E-state index contributed by atoms with van der Waals surface area (Å²) in [5.41, 5.74) is 9.80. The van der Waals surface area contributed by atoms with Crippen LogP contribution in [0, 0.1) is 0 Å². The fourth-order valence-corrected chi connectivity index (χ4v) is 3.91. The summed E-state index contributed by atoms with van der Waals surface area (Å²) in [5.74, 6) is 1.09. The van der Waals surface area contributed by atoms with Crippen molar-refractivity contribution < 1.29 is 9.84 Å². The average molecular weight is 432 g/mol. The number of nitrogens with two attached hydrogens (primary N) is 1. The van der Waals surface area contributed by atoms with Gasteiger partial charge < -0.3 is 30.2 Å². The first kappa shape index (κ1) is 20.2. The molecule has 1 atom stereocenters. The molecule has 1 saturated heterocycles. The molecule has 4 aromatic rings. The third kappa shape index (κ3) is 4.05. The summed E-state index contributed by atoms with van der Waals surface area (Å²) in [4.78, 5) is 20.0. The molecular weight excluding hydrogens is 408 g/mol. The second-order valence-corrected chi connectivity index (χ2v) is 7.52. The van der Waals surface area contributed by atoms with E-state index in [2.05, 4.69) is 31.2 Å². The van der Waals surface area contributed by atoms with Gasteiger partial charge in [-0.2, -0.15) is 0 Å². The molecule has 0 aliphatic carbocycles. The molecule has 10 nitrogen and oxygen atoms in total. The maximum atomic E-state index is 9.04. The number of hydrogen-bond donors (Lipinski definition) is 3. The number of aromatic nitrogens is 5. The molecule has 0 amide bonds. The van der Waals surface area contributed by atoms with Crippen LogP contribution >= 0.6 is 0 Å². The normalized spacial score (nSPS) is 16.4. The fraction of sp³-hybridized carbons (Fsp3) is 0.273. The van der Waals surface area contributed by atoms with Gasteiger partial charge >= 0.3 is 0 Å². The maximum Gasteiger partial charge on any atom is 0.155 e. The topological polar surface area (TPSA) is 127 Å². The Hall–Kier alpha value is -3.76. The van der Waals surface area contributed by atoms with Crippen LogP contribution in [-0.4, -0.2) is 62.3 Å². The molecule has 4 heterocycles. The molecule has 5 rings (SSSR count). The lowest BCUT2D eigenvalue weighted by molar-refractivity contribution is 0.201. The van der Waals surface area contributed by atoms with E-state index in [0.717, 1.165) is 42.4 Å². The summed E-state index contributed by atoms with van der Waals surface area (Å²) in [6.45, 7) is 2.74. The standard InChI is InChI=1S/C22H24N8O2/c23-21-11-25-9-17(27-21)18-13-29-14-19(28-22(29)12-26-18)20-10-24-4-5-30(20)15-2-1-3-16(8-15)32-7-6-31/h1-3,8-9,11-14,20,24,31H,4-7,10H2,(H2,23,27). The molecule has 0 saturated carbocycles. The summed E-state index contributed by atoms with van der Waals surface area (Å²) in [6, 6.07) is 7.98. The number of nitrogens with one attached hydrogen (secondary N) is 1. The number of aliphatic hydroxyl groups is 1. The van der Waals surface area contributed by atoms with Crippen LogP contribution in [0.15, 0.2) is 55.2 Å². The number of fused-ring (bicyclic) bond motifs is 1. The molecule has 4 N–H and O–H groups in total. The summed E-state index contributed by atoms with van der Waals surface area (Å²) in [7, 11) is 0. The zero-order valence-corrected chi connectivity index (χ0v) is 17.4. The van der Waals surface area contributed by atoms with Crippen LogP contribution < -0.4 is 20.7 Å². The lowest BCUT2D eigenvalue weighted by Gasteiger charge is -2.37. The molecule has 1 fully saturated rings. The Morgan fingerprint density at radius 1 is 1.16 bits per heavy atom. The number of hydrogen-bond acceptors (Lipinski definition) is 9. The van der Waals surface area contributed by atoms with Gasteiger partial charge in [0.1, 0.15) is 29.6 Å². The Morgan fingerprint density at radius 2 is 2.09 bits per heavy atom. The third-order valence-electron chi connectivity index (χ3n) is 5.37. The Kier molecular flexibility index (Phi) is 5.53. The minimum atomic E-state index is -0.0150. The predicted octanol–water partition coefficient (Wildman–Crippen LogP) is 1.29. The molecule has 1 unspecified atom stereocenters. The maximum absolute atomic E-state index is 9.04. The van der Waals surface area contributed by atoms with Crippen LogP contribution in [0.5, 0.6) is 5.75 Å². The van der Waals surface area contributed by atoms with Crippen molar-refractivity contribution >= 4 is 17.2 Å². The Morgan fingerprint density at radius 3 is 2.97 bits per heavy atom. The third-order valence-corrected chi connectivity index (χ3v) is 5.37. The predicted molar refractivity (Wildman–Crippen MR) is 120 cm³/mol. The van der Waals surface area contributed by atoms with Gasteiger partial charge in [0.05, 0.1) is 36.9 Å². The number of anilines is 2. The van der Waals surface area contributed by atoms with Gasteiger partial charge in [0.15, 0.2) is 5.65 Å². The minimum absolute atomic E-state index is 0.0150. The van der Waals surface area contributed by atoms with Crippen LogP contribution in [0.3, 0.4) is 0 Å². The fourth-order valence-electron chi connectivity index (χ4n) is 3.91. The van der Waals surface area contributed by atoms with Gasteiger partial charge in [0, 0.05) is 43.8 Å². The number of nitrogens with zero attached hydrogens (tertiary/aromatic N) is 6. The van der Waals surface area contributed by atoms with Crippen LogP contribution in [0.25, 0.3) is 17.0 Å². The van der Waals surface area contributed by atoms with Crippen molar-refractivity contribution in [3.05, 3.63) is 60.9 Å². The summed E-state index contributed by atoms with van der Waals surface area (Å²) < 4.78 is 7.55. The zero-order chi connectivity index (χ0) is 21.9. The van der Waals surface area contributed by atoms with Crippen molar-refractivity contribution in [1.29, 1.82) is 0 Å². The second-order valence-electron chi connectivity index (χ2n) is 7.52. The van der Waals surface area contributed by atoms with E-state index < -0.39 is 0 Å². The van der Waals surface area contributed by atoms with Crippen LogP contribution in [0.2, 0.25) is 0 Å². The number of benzene rings is 1. The average Bonchev–Trinajstić information content (AvgIpc) is 3.26. The van der Waals surface area contributed by atoms with Crippen molar-refractivity contribution in [2.75, 3.05) is 43.5 Å². The van der Waals surface area contributed by atoms with E-state index in [1.54, 1.807) is 12.4 Å². The highest BCUT2D eigenvalue weighted by Crippen LogP contribution is 2.30. The first-order valence-electron chi connectivity index (χ1n) is 10.4. The number of nitrogen functional groups attached to an aromatic ring is 1. The summed E-state index contributed by atoms with van der Waals surface area (Å²) >= 11 is 0. The molecule has 1 aliphatic heterocycles. The smallest absolute Gasteiger partial charge is 0.155 e. The second kappa shape index (κ2) is 8.77. The van der Waals surface area contributed by atoms with E-state index in [-0.39, 0.29) is 19.3 Å². The highest BCUT2D eigenvalue weighted by atomic mass is 16.5. The van der Waals surface area contributed by atoms with Gasteiger partial charge in [-0.15, -0.1) is 0 Å². The van der Waals surface area contributed by atoms with E-state index in [1.165, 1.54) is 6.20 Å². The molecule has 1 aliphatic rings. The molecule has 0 bridgehead atoms. The molecule has 3 aromatic heterocycles. The number of aliphatic hydroxyl groups excluding tert-OH is 1. The minimum Gasteiger partial charge on any atom is -0.491 e. The quantitative estimate of drug-likeness (QED) is 0.413. The molecule has 10 heteroatoms. The number of piperazine rings is 1. The number of imidazole rings is 1. The van der Waals surface area contributed by atoms with Gasteiger partial charge in [-0.25, -0.2) is 15.0 Å². The Bertz CT molecular complexity index is 1230. The number of ether oxygens (including phenoxy) is 1. The SMILES string of the molecule is Nc1cncc(-c2cn3cc(C4CNCCN4c4cccc(OCCO)c4)nc3cn2)n1. The Balaban J connectivity index is 1.46. The van der Waals surface area contributed by atoms with Gasteiger partial charge in [0.25, 0.3) is 0 Å². The van der Waals surface area contributed by atoms with Gasteiger partial charge in [-0.05, 0) is 12.1 Å². The lowest BCUT2D eigenvalue weighted by atomic mass is 10.1. The molecular formula is C22H24N8O2. The van der Waals surface area contributed by atoms with Crippen molar-refractivity contribution in [2.45, 2.75) is 6.04 Å². The number of rotatable bonds is 6. The highest BCUT2D eigenvalue weighted by Gasteiger charge is 2.26. The van der Waals surface area contributed by atoms with Gasteiger partial charge in [0.2, 0.25) is 0 Å². The van der Waals surface area contributed by atoms with E-state index in [4.69, 9.17) is 20.6 Å². The van der Waals surface area contributed by atoms with E-state index in [1.807, 2.05) is 35.0 Å². The van der Waals surface area contributed by atoms with E-state index in [9.17, 15) is 0 Å².